The van der Waals surface area contributed by atoms with E-state index in [0.29, 0.717) is 5.92 Å². The second-order valence-electron chi connectivity index (χ2n) is 5.10. The molecule has 98 valence electrons. The lowest BCUT2D eigenvalue weighted by molar-refractivity contribution is 0.917. The molecule has 0 radical (unpaired) electrons. The van der Waals surface area contributed by atoms with E-state index in [1.165, 1.54) is 12.8 Å². The van der Waals surface area contributed by atoms with Gasteiger partial charge in [0.1, 0.15) is 10.4 Å². The summed E-state index contributed by atoms with van der Waals surface area (Å²) in [5.41, 5.74) is 2.78. The molecule has 2 aromatic heterocycles. The van der Waals surface area contributed by atoms with E-state index in [9.17, 15) is 0 Å². The zero-order valence-corrected chi connectivity index (χ0v) is 12.3. The normalized spacial score (nSPS) is 14.7. The number of pyridine rings is 1. The molecule has 0 atom stereocenters. The highest BCUT2D eigenvalue weighted by Gasteiger charge is 2.27. The van der Waals surface area contributed by atoms with Crippen molar-refractivity contribution < 1.29 is 0 Å². The van der Waals surface area contributed by atoms with Crippen LogP contribution < -0.4 is 0 Å². The fraction of sp³-hybridized carbons (Fsp3) is 0.188. The van der Waals surface area contributed by atoms with Gasteiger partial charge in [-0.2, -0.15) is 0 Å². The van der Waals surface area contributed by atoms with E-state index in [-0.39, 0.29) is 0 Å². The molecular weight excluding hydrogens is 314 g/mol. The molecule has 0 amide bonds. The first kappa shape index (κ1) is 12.0. The summed E-state index contributed by atoms with van der Waals surface area (Å²) in [5, 5.41) is 1.15. The Morgan fingerprint density at radius 3 is 2.60 bits per heavy atom. The summed E-state index contributed by atoms with van der Waals surface area (Å²) >= 11 is 3.48. The summed E-state index contributed by atoms with van der Waals surface area (Å²) in [4.78, 5) is 13.8. The average molecular weight is 326 g/mol. The predicted molar refractivity (Wildman–Crippen MR) is 82.4 cm³/mol. The average Bonchev–Trinajstić information content (AvgIpc) is 3.31. The monoisotopic (exact) mass is 325 g/mol. The van der Waals surface area contributed by atoms with Crippen molar-refractivity contribution in [1.82, 2.24) is 15.0 Å². The van der Waals surface area contributed by atoms with Crippen molar-refractivity contribution in [3.05, 3.63) is 52.9 Å². The summed E-state index contributed by atoms with van der Waals surface area (Å²) in [6.07, 6.45) is 2.39. The van der Waals surface area contributed by atoms with Crippen molar-refractivity contribution in [1.29, 1.82) is 0 Å². The van der Waals surface area contributed by atoms with E-state index in [1.54, 1.807) is 0 Å². The van der Waals surface area contributed by atoms with Gasteiger partial charge in [-0.15, -0.1) is 0 Å². The standard InChI is InChI=1S/C16H12BrN3/c17-15-9-14(19-16(20-15)11-5-6-11)13-8-7-10-3-1-2-4-12(10)18-13/h1-4,7-9,11H,5-6H2. The van der Waals surface area contributed by atoms with E-state index in [0.717, 1.165) is 32.7 Å². The second kappa shape index (κ2) is 4.63. The number of para-hydroxylation sites is 1. The molecule has 0 N–H and O–H groups in total. The molecule has 3 nitrogen and oxygen atoms in total. The molecule has 0 aliphatic heterocycles. The van der Waals surface area contributed by atoms with Gasteiger partial charge in [-0.3, -0.25) is 0 Å². The molecule has 0 unspecified atom stereocenters. The minimum absolute atomic E-state index is 0.534. The Morgan fingerprint density at radius 2 is 1.75 bits per heavy atom. The molecule has 20 heavy (non-hydrogen) atoms. The van der Waals surface area contributed by atoms with Crippen LogP contribution in [0.5, 0.6) is 0 Å². The summed E-state index contributed by atoms with van der Waals surface area (Å²) in [6, 6.07) is 14.2. The van der Waals surface area contributed by atoms with Crippen LogP contribution in [0.2, 0.25) is 0 Å². The van der Waals surface area contributed by atoms with E-state index in [1.807, 2.05) is 30.3 Å². The molecule has 0 saturated heterocycles. The van der Waals surface area contributed by atoms with Crippen molar-refractivity contribution in [3.63, 3.8) is 0 Å². The molecule has 4 rings (SSSR count). The largest absolute Gasteiger partial charge is 0.246 e. The maximum absolute atomic E-state index is 4.70. The van der Waals surface area contributed by atoms with Crippen LogP contribution in [0.4, 0.5) is 0 Å². The van der Waals surface area contributed by atoms with Gasteiger partial charge in [0.2, 0.25) is 0 Å². The van der Waals surface area contributed by atoms with Crippen LogP contribution in [0.3, 0.4) is 0 Å². The topological polar surface area (TPSA) is 38.7 Å². The Balaban J connectivity index is 1.85. The Morgan fingerprint density at radius 1 is 0.900 bits per heavy atom. The second-order valence-corrected chi connectivity index (χ2v) is 5.91. The Bertz CT molecular complexity index is 797. The number of fused-ring (bicyclic) bond motifs is 1. The molecule has 0 bridgehead atoms. The Labute approximate surface area is 125 Å². The number of rotatable bonds is 2. The molecule has 4 heteroatoms. The molecule has 2 heterocycles. The summed E-state index contributed by atoms with van der Waals surface area (Å²) in [5.74, 6) is 1.47. The van der Waals surface area contributed by atoms with Crippen molar-refractivity contribution in [3.8, 4) is 11.4 Å². The number of aromatic nitrogens is 3. The van der Waals surface area contributed by atoms with E-state index >= 15 is 0 Å². The first-order chi connectivity index (χ1) is 9.79. The molecule has 1 aliphatic rings. The first-order valence-electron chi connectivity index (χ1n) is 6.70. The third-order valence-electron chi connectivity index (χ3n) is 3.52. The van der Waals surface area contributed by atoms with Crippen molar-refractivity contribution in [2.24, 2.45) is 0 Å². The molecular formula is C16H12BrN3. The number of hydrogen-bond acceptors (Lipinski definition) is 3. The van der Waals surface area contributed by atoms with E-state index in [4.69, 9.17) is 4.98 Å². The van der Waals surface area contributed by atoms with Crippen LogP contribution in [0, 0.1) is 0 Å². The van der Waals surface area contributed by atoms with Gasteiger partial charge in [0.15, 0.2) is 0 Å². The van der Waals surface area contributed by atoms with Crippen molar-refractivity contribution in [2.75, 3.05) is 0 Å². The number of hydrogen-bond donors (Lipinski definition) is 0. The quantitative estimate of drug-likeness (QED) is 0.658. The summed E-state index contributed by atoms with van der Waals surface area (Å²) in [6.45, 7) is 0. The Hall–Kier alpha value is -1.81. The van der Waals surface area contributed by atoms with Gasteiger partial charge in [0, 0.05) is 11.3 Å². The van der Waals surface area contributed by atoms with Gasteiger partial charge in [0.05, 0.1) is 16.9 Å². The minimum Gasteiger partial charge on any atom is -0.246 e. The van der Waals surface area contributed by atoms with E-state index in [2.05, 4.69) is 38.0 Å². The predicted octanol–water partition coefficient (Wildman–Crippen LogP) is 4.33. The van der Waals surface area contributed by atoms with E-state index < -0.39 is 0 Å². The first-order valence-corrected chi connectivity index (χ1v) is 7.49. The fourth-order valence-electron chi connectivity index (χ4n) is 2.30. The van der Waals surface area contributed by atoms with Gasteiger partial charge < -0.3 is 0 Å². The van der Waals surface area contributed by atoms with Gasteiger partial charge in [0.25, 0.3) is 0 Å². The highest BCUT2D eigenvalue weighted by atomic mass is 79.9. The van der Waals surface area contributed by atoms with Crippen molar-refractivity contribution in [2.45, 2.75) is 18.8 Å². The third-order valence-corrected chi connectivity index (χ3v) is 3.92. The summed E-state index contributed by atoms with van der Waals surface area (Å²) in [7, 11) is 0. The highest BCUT2D eigenvalue weighted by molar-refractivity contribution is 9.10. The van der Waals surface area contributed by atoms with Crippen molar-refractivity contribution >= 4 is 26.8 Å². The zero-order chi connectivity index (χ0) is 13.5. The van der Waals surface area contributed by atoms with Crippen LogP contribution >= 0.6 is 15.9 Å². The zero-order valence-electron chi connectivity index (χ0n) is 10.8. The van der Waals surface area contributed by atoms with Gasteiger partial charge in [-0.05, 0) is 47.0 Å². The molecule has 1 saturated carbocycles. The lowest BCUT2D eigenvalue weighted by Gasteiger charge is -2.05. The smallest absolute Gasteiger partial charge is 0.133 e. The maximum atomic E-state index is 4.70. The fourth-order valence-corrected chi connectivity index (χ4v) is 2.70. The highest BCUT2D eigenvalue weighted by Crippen LogP contribution is 2.39. The lowest BCUT2D eigenvalue weighted by Crippen LogP contribution is -1.97. The maximum Gasteiger partial charge on any atom is 0.133 e. The number of nitrogens with zero attached hydrogens (tertiary/aromatic N) is 3. The molecule has 0 spiro atoms. The summed E-state index contributed by atoms with van der Waals surface area (Å²) < 4.78 is 0.833. The van der Waals surface area contributed by atoms with Gasteiger partial charge in [-0.25, -0.2) is 15.0 Å². The SMILES string of the molecule is Brc1cc(-c2ccc3ccccc3n2)nc(C2CC2)n1. The molecule has 1 aromatic carbocycles. The minimum atomic E-state index is 0.534. The third kappa shape index (κ3) is 2.20. The van der Waals surface area contributed by atoms with Gasteiger partial charge in [-0.1, -0.05) is 24.3 Å². The molecule has 1 aliphatic carbocycles. The molecule has 1 fully saturated rings. The van der Waals surface area contributed by atoms with Crippen LogP contribution in [-0.2, 0) is 0 Å². The molecule has 3 aromatic rings. The van der Waals surface area contributed by atoms with Crippen LogP contribution in [0.25, 0.3) is 22.3 Å². The van der Waals surface area contributed by atoms with Crippen LogP contribution in [-0.4, -0.2) is 15.0 Å². The van der Waals surface area contributed by atoms with Crippen LogP contribution in [0.15, 0.2) is 47.1 Å². The van der Waals surface area contributed by atoms with Gasteiger partial charge >= 0.3 is 0 Å². The lowest BCUT2D eigenvalue weighted by atomic mass is 10.2. The Kier molecular flexibility index (Phi) is 2.77. The van der Waals surface area contributed by atoms with Crippen LogP contribution in [0.1, 0.15) is 24.6 Å². The number of halogens is 1. The number of benzene rings is 1.